The molecule has 1 atom stereocenters. The minimum atomic E-state index is -4.58. The molecule has 2 aromatic carbocycles. The molecule has 0 saturated heterocycles. The van der Waals surface area contributed by atoms with E-state index in [1.54, 1.807) is 6.92 Å². The predicted octanol–water partition coefficient (Wildman–Crippen LogP) is 3.92. The van der Waals surface area contributed by atoms with Crippen LogP contribution in [-0.4, -0.2) is 19.3 Å². The lowest BCUT2D eigenvalue weighted by Crippen LogP contribution is -2.36. The number of halogens is 4. The predicted molar refractivity (Wildman–Crippen MR) is 80.5 cm³/mol. The van der Waals surface area contributed by atoms with Gasteiger partial charge in [-0.2, -0.15) is 13.2 Å². The lowest BCUT2D eigenvalue weighted by molar-refractivity contribution is -0.137. The average molecular weight is 341 g/mol. The van der Waals surface area contributed by atoms with Crippen molar-refractivity contribution in [3.8, 4) is 22.6 Å². The molecule has 1 heterocycles. The van der Waals surface area contributed by atoms with Crippen LogP contribution in [0.1, 0.15) is 11.1 Å². The van der Waals surface area contributed by atoms with E-state index in [0.29, 0.717) is 5.56 Å². The molecule has 3 rings (SSSR count). The van der Waals surface area contributed by atoms with Crippen molar-refractivity contribution in [1.82, 2.24) is 0 Å². The highest BCUT2D eigenvalue weighted by atomic mass is 19.4. The van der Waals surface area contributed by atoms with E-state index in [4.69, 9.17) is 15.2 Å². The molecule has 0 unspecified atom stereocenters. The first-order chi connectivity index (χ1) is 11.3. The van der Waals surface area contributed by atoms with E-state index in [1.165, 1.54) is 12.1 Å². The van der Waals surface area contributed by atoms with Crippen molar-refractivity contribution in [3.05, 3.63) is 47.3 Å². The van der Waals surface area contributed by atoms with E-state index >= 15 is 0 Å². The molecule has 1 aliphatic rings. The topological polar surface area (TPSA) is 44.5 Å². The molecule has 0 fully saturated rings. The first-order valence-corrected chi connectivity index (χ1v) is 7.31. The maximum absolute atomic E-state index is 13.9. The van der Waals surface area contributed by atoms with Gasteiger partial charge in [0, 0.05) is 18.2 Å². The standard InChI is InChI=1S/C17H15F4NO2/c1-9-2-3-12(14(4-9)17(19,20)21)13-5-10(18)6-15-16(13)24-11(7-22)8-23-15/h2-6,11H,7-8,22H2,1H3/t11-/m0/s1. The van der Waals surface area contributed by atoms with E-state index in [0.717, 1.165) is 18.2 Å². The van der Waals surface area contributed by atoms with Crippen LogP contribution >= 0.6 is 0 Å². The molecule has 7 heteroatoms. The normalized spacial score (nSPS) is 17.0. The minimum Gasteiger partial charge on any atom is -0.486 e. The third kappa shape index (κ3) is 3.03. The van der Waals surface area contributed by atoms with Crippen LogP contribution in [0.25, 0.3) is 11.1 Å². The molecule has 3 nitrogen and oxygen atoms in total. The Morgan fingerprint density at radius 3 is 2.58 bits per heavy atom. The summed E-state index contributed by atoms with van der Waals surface area (Å²) in [5, 5.41) is 0. The molecule has 24 heavy (non-hydrogen) atoms. The maximum atomic E-state index is 13.9. The quantitative estimate of drug-likeness (QED) is 0.842. The number of hydrogen-bond donors (Lipinski definition) is 1. The highest BCUT2D eigenvalue weighted by Crippen LogP contribution is 2.46. The highest BCUT2D eigenvalue weighted by Gasteiger charge is 2.35. The van der Waals surface area contributed by atoms with Gasteiger partial charge in [0.25, 0.3) is 0 Å². The molecule has 2 N–H and O–H groups in total. The van der Waals surface area contributed by atoms with Gasteiger partial charge in [0.15, 0.2) is 11.5 Å². The Morgan fingerprint density at radius 2 is 1.92 bits per heavy atom. The van der Waals surface area contributed by atoms with E-state index < -0.39 is 23.7 Å². The Hall–Kier alpha value is -2.28. The smallest absolute Gasteiger partial charge is 0.417 e. The van der Waals surface area contributed by atoms with Gasteiger partial charge in [-0.1, -0.05) is 17.7 Å². The van der Waals surface area contributed by atoms with Crippen LogP contribution in [0, 0.1) is 12.7 Å². The summed E-state index contributed by atoms with van der Waals surface area (Å²) >= 11 is 0. The summed E-state index contributed by atoms with van der Waals surface area (Å²) in [4.78, 5) is 0. The van der Waals surface area contributed by atoms with Gasteiger partial charge in [-0.3, -0.25) is 0 Å². The summed E-state index contributed by atoms with van der Waals surface area (Å²) < 4.78 is 65.1. The van der Waals surface area contributed by atoms with Crippen LogP contribution in [0.2, 0.25) is 0 Å². The zero-order valence-corrected chi connectivity index (χ0v) is 12.8. The van der Waals surface area contributed by atoms with Crippen molar-refractivity contribution < 1.29 is 27.0 Å². The molecule has 0 saturated carbocycles. The van der Waals surface area contributed by atoms with E-state index in [1.807, 2.05) is 0 Å². The zero-order valence-electron chi connectivity index (χ0n) is 12.8. The maximum Gasteiger partial charge on any atom is 0.417 e. The second-order valence-electron chi connectivity index (χ2n) is 5.61. The number of ether oxygens (including phenoxy) is 2. The number of hydrogen-bond acceptors (Lipinski definition) is 3. The molecular formula is C17H15F4NO2. The molecule has 0 radical (unpaired) electrons. The number of fused-ring (bicyclic) bond motifs is 1. The van der Waals surface area contributed by atoms with Crippen molar-refractivity contribution in [2.45, 2.75) is 19.2 Å². The lowest BCUT2D eigenvalue weighted by atomic mass is 9.96. The van der Waals surface area contributed by atoms with Gasteiger partial charge >= 0.3 is 6.18 Å². The van der Waals surface area contributed by atoms with Crippen molar-refractivity contribution in [2.75, 3.05) is 13.2 Å². The third-order valence-corrected chi connectivity index (χ3v) is 3.76. The first kappa shape index (κ1) is 16.6. The van der Waals surface area contributed by atoms with Crippen molar-refractivity contribution in [2.24, 2.45) is 5.73 Å². The van der Waals surface area contributed by atoms with Gasteiger partial charge in [-0.25, -0.2) is 4.39 Å². The number of nitrogens with two attached hydrogens (primary N) is 1. The third-order valence-electron chi connectivity index (χ3n) is 3.76. The second-order valence-corrected chi connectivity index (χ2v) is 5.61. The number of aryl methyl sites for hydroxylation is 1. The number of rotatable bonds is 2. The lowest BCUT2D eigenvalue weighted by Gasteiger charge is -2.28. The van der Waals surface area contributed by atoms with E-state index in [2.05, 4.69) is 0 Å². The molecular weight excluding hydrogens is 326 g/mol. The fourth-order valence-electron chi connectivity index (χ4n) is 2.62. The molecule has 0 spiro atoms. The summed E-state index contributed by atoms with van der Waals surface area (Å²) in [6, 6.07) is 5.97. The van der Waals surface area contributed by atoms with Crippen LogP contribution in [0.5, 0.6) is 11.5 Å². The largest absolute Gasteiger partial charge is 0.486 e. The van der Waals surface area contributed by atoms with Crippen molar-refractivity contribution in [3.63, 3.8) is 0 Å². The molecule has 0 amide bonds. The molecule has 0 bridgehead atoms. The van der Waals surface area contributed by atoms with Gasteiger partial charge < -0.3 is 15.2 Å². The number of alkyl halides is 3. The molecule has 0 aromatic heterocycles. The van der Waals surface area contributed by atoms with Gasteiger partial charge in [-0.05, 0) is 24.6 Å². The number of benzene rings is 2. The molecule has 128 valence electrons. The Morgan fingerprint density at radius 1 is 1.17 bits per heavy atom. The van der Waals surface area contributed by atoms with Crippen LogP contribution in [0.3, 0.4) is 0 Å². The Kier molecular flexibility index (Phi) is 4.13. The van der Waals surface area contributed by atoms with Crippen LogP contribution < -0.4 is 15.2 Å². The van der Waals surface area contributed by atoms with Gasteiger partial charge in [0.1, 0.15) is 18.5 Å². The highest BCUT2D eigenvalue weighted by molar-refractivity contribution is 5.77. The van der Waals surface area contributed by atoms with Crippen LogP contribution in [0.4, 0.5) is 17.6 Å². The van der Waals surface area contributed by atoms with Crippen LogP contribution in [0.15, 0.2) is 30.3 Å². The molecule has 0 aliphatic carbocycles. The Labute approximate surface area is 136 Å². The summed E-state index contributed by atoms with van der Waals surface area (Å²) in [6.07, 6.45) is -5.08. The first-order valence-electron chi connectivity index (χ1n) is 7.31. The van der Waals surface area contributed by atoms with Crippen molar-refractivity contribution in [1.29, 1.82) is 0 Å². The average Bonchev–Trinajstić information content (AvgIpc) is 2.53. The minimum absolute atomic E-state index is 0.00419. The summed E-state index contributed by atoms with van der Waals surface area (Å²) in [7, 11) is 0. The fraction of sp³-hybridized carbons (Fsp3) is 0.294. The summed E-state index contributed by atoms with van der Waals surface area (Å²) in [5.41, 5.74) is 4.97. The van der Waals surface area contributed by atoms with Crippen molar-refractivity contribution >= 4 is 0 Å². The molecule has 1 aliphatic heterocycles. The Balaban J connectivity index is 2.23. The van der Waals surface area contributed by atoms with Gasteiger partial charge in [-0.15, -0.1) is 0 Å². The second kappa shape index (κ2) is 5.98. The van der Waals surface area contributed by atoms with E-state index in [9.17, 15) is 17.6 Å². The zero-order chi connectivity index (χ0) is 17.5. The SMILES string of the molecule is Cc1ccc(-c2cc(F)cc3c2O[C@@H](CN)CO3)c(C(F)(F)F)c1. The fourth-order valence-corrected chi connectivity index (χ4v) is 2.62. The summed E-state index contributed by atoms with van der Waals surface area (Å²) in [5.74, 6) is -0.553. The van der Waals surface area contributed by atoms with Crippen LogP contribution in [-0.2, 0) is 6.18 Å². The van der Waals surface area contributed by atoms with Gasteiger partial charge in [0.2, 0.25) is 0 Å². The summed E-state index contributed by atoms with van der Waals surface area (Å²) in [6.45, 7) is 1.81. The van der Waals surface area contributed by atoms with E-state index in [-0.39, 0.29) is 35.8 Å². The van der Waals surface area contributed by atoms with Gasteiger partial charge in [0.05, 0.1) is 5.56 Å². The molecule has 2 aromatic rings. The monoisotopic (exact) mass is 341 g/mol. The Bertz CT molecular complexity index is 774.